The lowest BCUT2D eigenvalue weighted by molar-refractivity contribution is -0.125. The Morgan fingerprint density at radius 1 is 1.23 bits per heavy atom. The van der Waals surface area contributed by atoms with Crippen LogP contribution in [0.2, 0.25) is 0 Å². The van der Waals surface area contributed by atoms with Gasteiger partial charge in [-0.2, -0.15) is 4.98 Å². The van der Waals surface area contributed by atoms with Crippen molar-refractivity contribution in [2.75, 3.05) is 25.5 Å². The van der Waals surface area contributed by atoms with Crippen molar-refractivity contribution in [1.29, 1.82) is 0 Å². The third kappa shape index (κ3) is 7.38. The number of alkyl halides is 2. The normalized spacial score (nSPS) is 20.4. The number of carbonyl (C=O) groups is 2. The highest BCUT2D eigenvalue weighted by atomic mass is 19.3. The number of likely N-dealkylation sites (tertiary alicyclic amines) is 1. The van der Waals surface area contributed by atoms with Gasteiger partial charge in [-0.25, -0.2) is 18.0 Å². The first-order valence-corrected chi connectivity index (χ1v) is 12.0. The van der Waals surface area contributed by atoms with Crippen LogP contribution in [0.1, 0.15) is 64.9 Å². The van der Waals surface area contributed by atoms with E-state index >= 15 is 0 Å². The minimum atomic E-state index is -2.61. The number of methoxy groups -OCH3 is 1. The molecule has 1 aromatic rings. The van der Waals surface area contributed by atoms with Crippen LogP contribution in [0.25, 0.3) is 0 Å². The molecule has 2 heterocycles. The van der Waals surface area contributed by atoms with Crippen molar-refractivity contribution in [1.82, 2.24) is 15.2 Å². The van der Waals surface area contributed by atoms with E-state index in [2.05, 4.69) is 15.6 Å². The molecule has 11 heteroatoms. The monoisotopic (exact) mass is 500 g/mol. The maximum atomic E-state index is 14.7. The van der Waals surface area contributed by atoms with Crippen molar-refractivity contribution in [2.45, 2.75) is 83.4 Å². The van der Waals surface area contributed by atoms with E-state index in [9.17, 15) is 22.8 Å². The average molecular weight is 501 g/mol. The summed E-state index contributed by atoms with van der Waals surface area (Å²) >= 11 is 0. The summed E-state index contributed by atoms with van der Waals surface area (Å²) in [7, 11) is 1.39. The zero-order valence-electron chi connectivity index (χ0n) is 20.8. The first-order chi connectivity index (χ1) is 16.4. The van der Waals surface area contributed by atoms with Gasteiger partial charge >= 0.3 is 6.09 Å². The van der Waals surface area contributed by atoms with E-state index in [0.717, 1.165) is 0 Å². The van der Waals surface area contributed by atoms with Gasteiger partial charge in [0.2, 0.25) is 17.7 Å². The summed E-state index contributed by atoms with van der Waals surface area (Å²) in [5, 5.41) is 5.64. The summed E-state index contributed by atoms with van der Waals surface area (Å²) < 4.78 is 52.1. The minimum absolute atomic E-state index is 0.0140. The number of nitrogens with zero attached hydrogens (tertiary/aromatic N) is 2. The van der Waals surface area contributed by atoms with Gasteiger partial charge in [-0.15, -0.1) is 0 Å². The first-order valence-electron chi connectivity index (χ1n) is 12.0. The van der Waals surface area contributed by atoms with Crippen molar-refractivity contribution in [2.24, 2.45) is 5.92 Å². The fourth-order valence-corrected chi connectivity index (χ4v) is 4.36. The van der Waals surface area contributed by atoms with Crippen LogP contribution in [0.3, 0.4) is 0 Å². The molecule has 196 valence electrons. The van der Waals surface area contributed by atoms with Gasteiger partial charge in [0, 0.05) is 38.0 Å². The van der Waals surface area contributed by atoms with E-state index in [1.54, 1.807) is 20.8 Å². The number of ether oxygens (including phenoxy) is 2. The lowest BCUT2D eigenvalue weighted by Crippen LogP contribution is -2.47. The van der Waals surface area contributed by atoms with E-state index < -0.39 is 29.5 Å². The molecule has 0 spiro atoms. The van der Waals surface area contributed by atoms with Crippen LogP contribution in [0.4, 0.5) is 23.8 Å². The Morgan fingerprint density at radius 3 is 2.54 bits per heavy atom. The standard InChI is InChI=1S/C24H35F3N4O4/c1-23(2,3)35-22(33)31-11-5-6-18(31)20(32)29-14-16-12-17(25)19(30-21(16)34-4)28-13-15-7-9-24(26,27)10-8-15/h12,15,18H,5-11,13-14H2,1-4H3,(H,28,30)(H,29,32). The Kier molecular flexibility index (Phi) is 8.38. The number of carbonyl (C=O) groups excluding carboxylic acids is 2. The van der Waals surface area contributed by atoms with Crippen molar-refractivity contribution in [3.63, 3.8) is 0 Å². The predicted molar refractivity (Wildman–Crippen MR) is 124 cm³/mol. The third-order valence-electron chi connectivity index (χ3n) is 6.24. The molecule has 8 nitrogen and oxygen atoms in total. The quantitative estimate of drug-likeness (QED) is 0.574. The van der Waals surface area contributed by atoms with E-state index in [-0.39, 0.29) is 42.9 Å². The maximum Gasteiger partial charge on any atom is 0.410 e. The molecule has 3 rings (SSSR count). The highest BCUT2D eigenvalue weighted by Crippen LogP contribution is 2.36. The summed E-state index contributed by atoms with van der Waals surface area (Å²) in [6.45, 7) is 6.00. The Bertz CT molecular complexity index is 913. The zero-order valence-corrected chi connectivity index (χ0v) is 20.8. The van der Waals surface area contributed by atoms with Crippen LogP contribution in [0.5, 0.6) is 5.88 Å². The van der Waals surface area contributed by atoms with Crippen molar-refractivity contribution in [3.8, 4) is 5.88 Å². The third-order valence-corrected chi connectivity index (χ3v) is 6.24. The number of hydrogen-bond acceptors (Lipinski definition) is 6. The fraction of sp³-hybridized carbons (Fsp3) is 0.708. The highest BCUT2D eigenvalue weighted by Gasteiger charge is 2.37. The topological polar surface area (TPSA) is 92.8 Å². The molecular formula is C24H35F3N4O4. The molecule has 1 unspecified atom stereocenters. The molecule has 0 bridgehead atoms. The van der Waals surface area contributed by atoms with Gasteiger partial charge in [0.15, 0.2) is 11.6 Å². The van der Waals surface area contributed by atoms with Crippen LogP contribution in [0.15, 0.2) is 6.07 Å². The number of nitrogens with one attached hydrogen (secondary N) is 2. The van der Waals surface area contributed by atoms with E-state index in [1.165, 1.54) is 18.1 Å². The molecule has 1 atom stereocenters. The van der Waals surface area contributed by atoms with Gasteiger partial charge in [-0.1, -0.05) is 0 Å². The van der Waals surface area contributed by atoms with E-state index in [1.807, 2.05) is 0 Å². The molecule has 2 N–H and O–H groups in total. The SMILES string of the molecule is COc1nc(NCC2CCC(F)(F)CC2)c(F)cc1CNC(=O)C1CCCN1C(=O)OC(C)(C)C. The van der Waals surface area contributed by atoms with E-state index in [4.69, 9.17) is 9.47 Å². The second-order valence-corrected chi connectivity index (χ2v) is 10.2. The summed E-state index contributed by atoms with van der Waals surface area (Å²) in [5.74, 6) is -3.49. The second-order valence-electron chi connectivity index (χ2n) is 10.2. The molecular weight excluding hydrogens is 465 g/mol. The van der Waals surface area contributed by atoms with Crippen LogP contribution < -0.4 is 15.4 Å². The van der Waals surface area contributed by atoms with Gasteiger partial charge in [-0.3, -0.25) is 9.69 Å². The van der Waals surface area contributed by atoms with E-state index in [0.29, 0.717) is 44.3 Å². The van der Waals surface area contributed by atoms with Crippen molar-refractivity contribution < 1.29 is 32.2 Å². The van der Waals surface area contributed by atoms with Gasteiger partial charge in [-0.05, 0) is 58.4 Å². The fourth-order valence-electron chi connectivity index (χ4n) is 4.36. The highest BCUT2D eigenvalue weighted by molar-refractivity contribution is 5.86. The average Bonchev–Trinajstić information content (AvgIpc) is 3.27. The lowest BCUT2D eigenvalue weighted by Gasteiger charge is -2.28. The Morgan fingerprint density at radius 2 is 1.91 bits per heavy atom. The van der Waals surface area contributed by atoms with Gasteiger partial charge < -0.3 is 20.1 Å². The second kappa shape index (κ2) is 10.9. The molecule has 1 saturated heterocycles. The number of aromatic nitrogens is 1. The predicted octanol–water partition coefficient (Wildman–Crippen LogP) is 4.48. The van der Waals surface area contributed by atoms with Gasteiger partial charge in [0.05, 0.1) is 7.11 Å². The number of rotatable bonds is 7. The smallest absolute Gasteiger partial charge is 0.410 e. The summed E-state index contributed by atoms with van der Waals surface area (Å²) in [6.07, 6.45) is 1.04. The maximum absolute atomic E-state index is 14.7. The molecule has 1 aliphatic carbocycles. The van der Waals surface area contributed by atoms with Gasteiger partial charge in [0.1, 0.15) is 11.6 Å². The summed E-state index contributed by atoms with van der Waals surface area (Å²) in [6, 6.07) is 0.557. The van der Waals surface area contributed by atoms with Crippen molar-refractivity contribution >= 4 is 17.8 Å². The lowest BCUT2D eigenvalue weighted by atomic mass is 9.87. The molecule has 1 aromatic heterocycles. The first kappa shape index (κ1) is 26.9. The number of hydrogen-bond donors (Lipinski definition) is 2. The molecule has 0 aromatic carbocycles. The Hall–Kier alpha value is -2.72. The molecule has 2 aliphatic rings. The summed E-state index contributed by atoms with van der Waals surface area (Å²) in [4.78, 5) is 30.8. The zero-order chi connectivity index (χ0) is 25.8. The molecule has 2 fully saturated rings. The molecule has 1 aliphatic heterocycles. The van der Waals surface area contributed by atoms with Gasteiger partial charge in [0.25, 0.3) is 0 Å². The number of anilines is 1. The Labute approximate surface area is 203 Å². The molecule has 1 saturated carbocycles. The number of pyridine rings is 1. The van der Waals surface area contributed by atoms with Crippen LogP contribution in [-0.4, -0.2) is 59.6 Å². The largest absolute Gasteiger partial charge is 0.481 e. The molecule has 2 amide bonds. The Balaban J connectivity index is 1.58. The molecule has 35 heavy (non-hydrogen) atoms. The molecule has 0 radical (unpaired) electrons. The van der Waals surface area contributed by atoms with Crippen molar-refractivity contribution in [3.05, 3.63) is 17.4 Å². The van der Waals surface area contributed by atoms with Crippen LogP contribution in [0, 0.1) is 11.7 Å². The minimum Gasteiger partial charge on any atom is -0.481 e. The summed E-state index contributed by atoms with van der Waals surface area (Å²) in [5.41, 5.74) is -0.335. The number of halogens is 3. The number of amides is 2. The van der Waals surface area contributed by atoms with Crippen LogP contribution in [-0.2, 0) is 16.1 Å². The van der Waals surface area contributed by atoms with Crippen LogP contribution >= 0.6 is 0 Å².